The Bertz CT molecular complexity index is 1000. The van der Waals surface area contributed by atoms with Crippen LogP contribution in [0, 0.1) is 5.92 Å². The standard InChI is InChI=1S/C29H38N2O5/c1-4-34-24-15-13-21(14-16-24)9-8-12-25(26-28(33)36-29(2,3)35-26)27(32)31-19-17-23(18-20-31)30-22-10-6-5-7-11-22/h5-7,10-11,13-16,23,25-26,30H,4,8-9,12,17-20H2,1-3H3/t25-,26+/m1/s1. The molecule has 2 saturated heterocycles. The van der Waals surface area contributed by atoms with Gasteiger partial charge in [0.25, 0.3) is 0 Å². The van der Waals surface area contributed by atoms with Crippen LogP contribution in [0.5, 0.6) is 5.75 Å². The molecule has 2 fully saturated rings. The lowest BCUT2D eigenvalue weighted by Crippen LogP contribution is -2.48. The lowest BCUT2D eigenvalue weighted by molar-refractivity contribution is -0.163. The molecule has 0 aromatic heterocycles. The number of carbonyl (C=O) groups excluding carboxylic acids is 2. The average Bonchev–Trinajstić information content (AvgIpc) is 3.15. The van der Waals surface area contributed by atoms with E-state index in [2.05, 4.69) is 29.6 Å². The highest BCUT2D eigenvalue weighted by Gasteiger charge is 2.48. The minimum atomic E-state index is -1.01. The van der Waals surface area contributed by atoms with Crippen LogP contribution in [0.2, 0.25) is 0 Å². The number of likely N-dealkylation sites (tertiary alicyclic amines) is 1. The van der Waals surface area contributed by atoms with Gasteiger partial charge in [0.2, 0.25) is 11.7 Å². The van der Waals surface area contributed by atoms with Gasteiger partial charge in [0.15, 0.2) is 6.10 Å². The number of benzene rings is 2. The van der Waals surface area contributed by atoms with Gasteiger partial charge < -0.3 is 24.4 Å². The highest BCUT2D eigenvalue weighted by atomic mass is 16.8. The SMILES string of the molecule is CCOc1ccc(CCC[C@@H](C(=O)N2CCC(Nc3ccccc3)CC2)[C@@H]2OC(C)(C)OC2=O)cc1. The summed E-state index contributed by atoms with van der Waals surface area (Å²) in [6.45, 7) is 7.34. The van der Waals surface area contributed by atoms with Crippen molar-refractivity contribution in [3.63, 3.8) is 0 Å². The number of nitrogens with one attached hydrogen (secondary N) is 1. The number of amides is 1. The van der Waals surface area contributed by atoms with Crippen molar-refractivity contribution in [3.8, 4) is 5.75 Å². The maximum atomic E-state index is 13.7. The number of piperidine rings is 1. The van der Waals surface area contributed by atoms with Gasteiger partial charge in [-0.15, -0.1) is 0 Å². The van der Waals surface area contributed by atoms with E-state index >= 15 is 0 Å². The van der Waals surface area contributed by atoms with Gasteiger partial charge in [-0.25, -0.2) is 4.79 Å². The molecular weight excluding hydrogens is 456 g/mol. The maximum absolute atomic E-state index is 13.7. The van der Waals surface area contributed by atoms with E-state index in [9.17, 15) is 9.59 Å². The van der Waals surface area contributed by atoms with E-state index in [1.807, 2.05) is 42.2 Å². The Balaban J connectivity index is 1.37. The number of hydrogen-bond acceptors (Lipinski definition) is 6. The smallest absolute Gasteiger partial charge is 0.338 e. The number of para-hydroxylation sites is 1. The second-order valence-electron chi connectivity index (χ2n) is 10.0. The highest BCUT2D eigenvalue weighted by Crippen LogP contribution is 2.32. The van der Waals surface area contributed by atoms with Crippen LogP contribution in [0.3, 0.4) is 0 Å². The molecule has 1 amide bonds. The topological polar surface area (TPSA) is 77.1 Å². The minimum absolute atomic E-state index is 0.0143. The summed E-state index contributed by atoms with van der Waals surface area (Å²) in [6, 6.07) is 18.5. The quantitative estimate of drug-likeness (QED) is 0.478. The molecule has 0 bridgehead atoms. The normalized spacial score (nSPS) is 20.6. The largest absolute Gasteiger partial charge is 0.494 e. The van der Waals surface area contributed by atoms with Crippen LogP contribution in [-0.2, 0) is 25.5 Å². The van der Waals surface area contributed by atoms with Crippen molar-refractivity contribution in [3.05, 3.63) is 60.2 Å². The zero-order valence-electron chi connectivity index (χ0n) is 21.6. The fourth-order valence-corrected chi connectivity index (χ4v) is 5.02. The Hall–Kier alpha value is -3.06. The highest BCUT2D eigenvalue weighted by molar-refractivity contribution is 5.87. The van der Waals surface area contributed by atoms with Crippen molar-refractivity contribution < 1.29 is 23.8 Å². The molecule has 2 heterocycles. The van der Waals surface area contributed by atoms with Crippen LogP contribution in [0.1, 0.15) is 52.0 Å². The Morgan fingerprint density at radius 3 is 2.42 bits per heavy atom. The molecule has 2 aliphatic rings. The molecule has 2 aliphatic heterocycles. The van der Waals surface area contributed by atoms with Crippen molar-refractivity contribution in [2.75, 3.05) is 25.0 Å². The lowest BCUT2D eigenvalue weighted by Gasteiger charge is -2.35. The zero-order chi connectivity index (χ0) is 25.5. The van der Waals surface area contributed by atoms with E-state index in [4.69, 9.17) is 14.2 Å². The number of esters is 1. The summed E-state index contributed by atoms with van der Waals surface area (Å²) < 4.78 is 16.9. The number of aryl methyl sites for hydroxylation is 1. The van der Waals surface area contributed by atoms with Crippen molar-refractivity contribution in [1.29, 1.82) is 0 Å². The molecule has 2 aromatic carbocycles. The van der Waals surface area contributed by atoms with E-state index in [0.29, 0.717) is 32.2 Å². The Morgan fingerprint density at radius 2 is 1.81 bits per heavy atom. The predicted molar refractivity (Wildman–Crippen MR) is 139 cm³/mol. The third kappa shape index (κ3) is 6.78. The van der Waals surface area contributed by atoms with E-state index in [1.54, 1.807) is 13.8 Å². The van der Waals surface area contributed by atoms with Crippen LogP contribution in [0.4, 0.5) is 5.69 Å². The third-order valence-corrected chi connectivity index (χ3v) is 6.84. The molecule has 2 aromatic rings. The summed E-state index contributed by atoms with van der Waals surface area (Å²) in [5.74, 6) is -1.17. The summed E-state index contributed by atoms with van der Waals surface area (Å²) >= 11 is 0. The fraction of sp³-hybridized carbons (Fsp3) is 0.517. The van der Waals surface area contributed by atoms with Crippen LogP contribution in [0.25, 0.3) is 0 Å². The third-order valence-electron chi connectivity index (χ3n) is 6.84. The van der Waals surface area contributed by atoms with E-state index in [-0.39, 0.29) is 5.91 Å². The first kappa shape index (κ1) is 26.0. The molecule has 0 aliphatic carbocycles. The van der Waals surface area contributed by atoms with Crippen LogP contribution >= 0.6 is 0 Å². The molecule has 0 spiro atoms. The second kappa shape index (κ2) is 11.8. The van der Waals surface area contributed by atoms with Gasteiger partial charge in [0, 0.05) is 38.7 Å². The van der Waals surface area contributed by atoms with Gasteiger partial charge >= 0.3 is 5.97 Å². The van der Waals surface area contributed by atoms with E-state index in [1.165, 1.54) is 5.56 Å². The van der Waals surface area contributed by atoms with Crippen molar-refractivity contribution >= 4 is 17.6 Å². The van der Waals surface area contributed by atoms with Gasteiger partial charge in [-0.3, -0.25) is 4.79 Å². The molecule has 0 unspecified atom stereocenters. The molecule has 4 rings (SSSR count). The van der Waals surface area contributed by atoms with Gasteiger partial charge in [0.1, 0.15) is 5.75 Å². The maximum Gasteiger partial charge on any atom is 0.338 e. The minimum Gasteiger partial charge on any atom is -0.494 e. The Kier molecular flexibility index (Phi) is 8.52. The van der Waals surface area contributed by atoms with Gasteiger partial charge in [-0.1, -0.05) is 30.3 Å². The monoisotopic (exact) mass is 494 g/mol. The number of cyclic esters (lactones) is 1. The number of carbonyl (C=O) groups is 2. The van der Waals surface area contributed by atoms with Crippen LogP contribution < -0.4 is 10.1 Å². The molecular formula is C29H38N2O5. The molecule has 194 valence electrons. The first-order valence-electron chi connectivity index (χ1n) is 13.1. The summed E-state index contributed by atoms with van der Waals surface area (Å²) in [7, 11) is 0. The molecule has 2 atom stereocenters. The summed E-state index contributed by atoms with van der Waals surface area (Å²) in [6.07, 6.45) is 2.99. The van der Waals surface area contributed by atoms with Crippen molar-refractivity contribution in [2.45, 2.75) is 70.8 Å². The summed E-state index contributed by atoms with van der Waals surface area (Å²) in [4.78, 5) is 28.2. The first-order chi connectivity index (χ1) is 17.3. The molecule has 36 heavy (non-hydrogen) atoms. The lowest BCUT2D eigenvalue weighted by atomic mass is 9.91. The number of ether oxygens (including phenoxy) is 3. The molecule has 1 N–H and O–H groups in total. The van der Waals surface area contributed by atoms with Crippen LogP contribution in [-0.4, -0.2) is 54.4 Å². The average molecular weight is 495 g/mol. The summed E-state index contributed by atoms with van der Waals surface area (Å²) in [5, 5.41) is 3.56. The van der Waals surface area contributed by atoms with E-state index in [0.717, 1.165) is 37.1 Å². The summed E-state index contributed by atoms with van der Waals surface area (Å²) in [5.41, 5.74) is 2.27. The van der Waals surface area contributed by atoms with Crippen LogP contribution in [0.15, 0.2) is 54.6 Å². The number of rotatable bonds is 10. The Labute approximate surface area is 214 Å². The van der Waals surface area contributed by atoms with Gasteiger partial charge in [0.05, 0.1) is 12.5 Å². The molecule has 0 saturated carbocycles. The molecule has 0 radical (unpaired) electrons. The first-order valence-corrected chi connectivity index (χ1v) is 13.1. The van der Waals surface area contributed by atoms with Gasteiger partial charge in [-0.05, 0) is 68.9 Å². The number of nitrogens with zero attached hydrogens (tertiary/aromatic N) is 1. The van der Waals surface area contributed by atoms with Gasteiger partial charge in [-0.2, -0.15) is 0 Å². The van der Waals surface area contributed by atoms with Crippen molar-refractivity contribution in [2.24, 2.45) is 5.92 Å². The zero-order valence-corrected chi connectivity index (χ0v) is 21.6. The predicted octanol–water partition coefficient (Wildman–Crippen LogP) is 4.81. The number of hydrogen-bond donors (Lipinski definition) is 1. The van der Waals surface area contributed by atoms with Crippen molar-refractivity contribution in [1.82, 2.24) is 4.90 Å². The second-order valence-corrected chi connectivity index (χ2v) is 10.0. The fourth-order valence-electron chi connectivity index (χ4n) is 5.02. The Morgan fingerprint density at radius 1 is 1.11 bits per heavy atom. The molecule has 7 nitrogen and oxygen atoms in total. The van der Waals surface area contributed by atoms with E-state index < -0.39 is 23.8 Å². The molecule has 7 heteroatoms. The number of anilines is 1.